The Morgan fingerprint density at radius 2 is 0.739 bits per heavy atom. The summed E-state index contributed by atoms with van der Waals surface area (Å²) in [6, 6.07) is 0. The first-order valence-corrected chi connectivity index (χ1v) is 5.52. The topological polar surface area (TPSA) is 156 Å². The molecule has 10 nitrogen and oxygen atoms in total. The number of carbonyl (C=O) groups is 4. The number of aliphatic carboxylic acids is 4. The van der Waals surface area contributed by atoms with Gasteiger partial charge in [-0.2, -0.15) is 0 Å². The quantitative estimate of drug-likeness (QED) is 0.263. The summed E-state index contributed by atoms with van der Waals surface area (Å²) in [5.74, 6) is -4.91. The predicted molar refractivity (Wildman–Crippen MR) is 80.7 cm³/mol. The van der Waals surface area contributed by atoms with Gasteiger partial charge in [0.15, 0.2) is 0 Å². The minimum absolute atomic E-state index is 0. The molecule has 0 saturated carbocycles. The Balaban J connectivity index is -0.000000602. The van der Waals surface area contributed by atoms with Crippen molar-refractivity contribution in [3.8, 4) is 0 Å². The number of nitrogens with zero attached hydrogens (tertiary/aromatic N) is 2. The Labute approximate surface area is 233 Å². The molecule has 0 bridgehead atoms. The summed E-state index contributed by atoms with van der Waals surface area (Å²) in [7, 11) is 0. The van der Waals surface area contributed by atoms with Crippen LogP contribution in [-0.2, 0) is 19.2 Å². The van der Waals surface area contributed by atoms with Crippen molar-refractivity contribution in [3.05, 3.63) is 0 Å². The zero-order chi connectivity index (χ0) is 15.7. The van der Waals surface area contributed by atoms with Crippen molar-refractivity contribution < 1.29 is 39.6 Å². The second-order valence-electron chi connectivity index (χ2n) is 4.00. The third-order valence-corrected chi connectivity index (χ3v) is 2.17. The largest absolute Gasteiger partial charge is 0.480 e. The molecule has 0 fully saturated rings. The van der Waals surface area contributed by atoms with Crippen molar-refractivity contribution in [1.29, 1.82) is 0 Å². The number of carboxylic acids is 4. The van der Waals surface area contributed by atoms with Crippen LogP contribution in [0.15, 0.2) is 0 Å². The van der Waals surface area contributed by atoms with Gasteiger partial charge in [0.05, 0.1) is 26.2 Å². The van der Waals surface area contributed by atoms with Crippen molar-refractivity contribution in [3.63, 3.8) is 0 Å². The molecule has 13 heteroatoms. The smallest absolute Gasteiger partial charge is 0.317 e. The SMILES string of the molecule is O=C(O)CN(CCN(CC(=O)O)CC(=O)O)CC(=O)O.[K].[K].[Mg]. The van der Waals surface area contributed by atoms with Crippen LogP contribution in [0.25, 0.3) is 0 Å². The molecule has 0 amide bonds. The first-order chi connectivity index (χ1) is 9.20. The van der Waals surface area contributed by atoms with Crippen molar-refractivity contribution in [2.75, 3.05) is 39.3 Å². The van der Waals surface area contributed by atoms with Gasteiger partial charge < -0.3 is 20.4 Å². The summed E-state index contributed by atoms with van der Waals surface area (Å²) in [6.45, 7) is -2.25. The van der Waals surface area contributed by atoms with Crippen LogP contribution in [0.1, 0.15) is 0 Å². The van der Waals surface area contributed by atoms with Crippen LogP contribution in [-0.4, -0.2) is 219 Å². The first kappa shape index (κ1) is 32.5. The van der Waals surface area contributed by atoms with Gasteiger partial charge in [-0.25, -0.2) is 0 Å². The van der Waals surface area contributed by atoms with Gasteiger partial charge >= 0.3 is 23.9 Å². The van der Waals surface area contributed by atoms with E-state index in [1.54, 1.807) is 0 Å². The van der Waals surface area contributed by atoms with E-state index in [0.29, 0.717) is 0 Å². The van der Waals surface area contributed by atoms with E-state index in [9.17, 15) is 19.2 Å². The van der Waals surface area contributed by atoms with Crippen LogP contribution < -0.4 is 0 Å². The molecule has 0 aromatic heterocycles. The molecular formula is C10H16K2MgN2O8. The maximum Gasteiger partial charge on any atom is 0.317 e. The normalized spacial score (nSPS) is 9.30. The minimum Gasteiger partial charge on any atom is -0.480 e. The van der Waals surface area contributed by atoms with E-state index in [-0.39, 0.29) is 139 Å². The molecule has 0 atom stereocenters. The Kier molecular flexibility index (Phi) is 26.3. The molecule has 0 spiro atoms. The maximum atomic E-state index is 10.6. The zero-order valence-electron chi connectivity index (χ0n) is 13.3. The minimum atomic E-state index is -1.23. The van der Waals surface area contributed by atoms with Gasteiger partial charge in [0.25, 0.3) is 0 Å². The summed E-state index contributed by atoms with van der Waals surface area (Å²) < 4.78 is 0. The third-order valence-electron chi connectivity index (χ3n) is 2.17. The fourth-order valence-electron chi connectivity index (χ4n) is 1.48. The van der Waals surface area contributed by atoms with Crippen LogP contribution in [0.3, 0.4) is 0 Å². The molecule has 0 aliphatic rings. The predicted octanol–water partition coefficient (Wildman–Crippen LogP) is -3.21. The van der Waals surface area contributed by atoms with Gasteiger partial charge in [0, 0.05) is 139 Å². The molecule has 4 radical (unpaired) electrons. The Morgan fingerprint density at radius 3 is 0.870 bits per heavy atom. The molecule has 0 aromatic rings. The van der Waals surface area contributed by atoms with Crippen LogP contribution >= 0.6 is 0 Å². The van der Waals surface area contributed by atoms with Crippen molar-refractivity contribution >= 4 is 150 Å². The van der Waals surface area contributed by atoms with E-state index in [4.69, 9.17) is 20.4 Å². The van der Waals surface area contributed by atoms with Crippen molar-refractivity contribution in [1.82, 2.24) is 9.80 Å². The molecule has 0 rings (SSSR count). The average Bonchev–Trinajstić information content (AvgIpc) is 2.22. The number of carboxylic acid groups (broad SMARTS) is 4. The van der Waals surface area contributed by atoms with Crippen LogP contribution in [0.5, 0.6) is 0 Å². The molecule has 0 aromatic carbocycles. The van der Waals surface area contributed by atoms with Crippen LogP contribution in [0.4, 0.5) is 0 Å². The van der Waals surface area contributed by atoms with Gasteiger partial charge in [-0.3, -0.25) is 29.0 Å². The summed E-state index contributed by atoms with van der Waals surface area (Å²) in [4.78, 5) is 44.4. The van der Waals surface area contributed by atoms with E-state index in [0.717, 1.165) is 9.80 Å². The zero-order valence-corrected chi connectivity index (χ0v) is 20.9. The van der Waals surface area contributed by atoms with Gasteiger partial charge in [-0.15, -0.1) is 0 Å². The van der Waals surface area contributed by atoms with Gasteiger partial charge in [0.2, 0.25) is 0 Å². The molecule has 0 aliphatic carbocycles. The molecular weight excluding hydrogens is 379 g/mol. The molecule has 23 heavy (non-hydrogen) atoms. The molecule has 0 aliphatic heterocycles. The maximum absolute atomic E-state index is 10.6. The molecule has 4 N–H and O–H groups in total. The summed E-state index contributed by atoms with van der Waals surface area (Å²) in [5.41, 5.74) is 0. The van der Waals surface area contributed by atoms with Crippen molar-refractivity contribution in [2.45, 2.75) is 0 Å². The fourth-order valence-corrected chi connectivity index (χ4v) is 1.48. The number of hydrogen-bond acceptors (Lipinski definition) is 6. The van der Waals surface area contributed by atoms with Crippen molar-refractivity contribution in [2.24, 2.45) is 0 Å². The molecule has 0 unspecified atom stereocenters. The van der Waals surface area contributed by atoms with E-state index in [2.05, 4.69) is 0 Å². The second-order valence-corrected chi connectivity index (χ2v) is 4.00. The summed E-state index contributed by atoms with van der Waals surface area (Å²) in [5, 5.41) is 34.5. The van der Waals surface area contributed by atoms with E-state index in [1.165, 1.54) is 0 Å². The summed E-state index contributed by atoms with van der Waals surface area (Å²) in [6.07, 6.45) is 0. The number of rotatable bonds is 11. The average molecular weight is 395 g/mol. The Bertz CT molecular complexity index is 331. The Hall–Kier alpha value is 1.84. The molecule has 118 valence electrons. The Morgan fingerprint density at radius 1 is 0.565 bits per heavy atom. The second kappa shape index (κ2) is 18.6. The van der Waals surface area contributed by atoms with E-state index < -0.39 is 50.1 Å². The first-order valence-electron chi connectivity index (χ1n) is 5.52. The molecule has 0 heterocycles. The van der Waals surface area contributed by atoms with Crippen LogP contribution in [0.2, 0.25) is 0 Å². The van der Waals surface area contributed by atoms with Gasteiger partial charge in [0.1, 0.15) is 0 Å². The number of hydrogen-bond donors (Lipinski definition) is 4. The van der Waals surface area contributed by atoms with Crippen LogP contribution in [0, 0.1) is 0 Å². The third kappa shape index (κ3) is 21.8. The van der Waals surface area contributed by atoms with E-state index >= 15 is 0 Å². The van der Waals surface area contributed by atoms with Gasteiger partial charge in [-0.05, 0) is 0 Å². The molecule has 0 saturated heterocycles. The summed E-state index contributed by atoms with van der Waals surface area (Å²) >= 11 is 0. The van der Waals surface area contributed by atoms with Gasteiger partial charge in [-0.1, -0.05) is 0 Å². The standard InChI is InChI=1S/C10H16N2O8.2K.Mg/c13-7(14)3-11(4-8(15)16)1-2-12(5-9(17)18)6-10(19)20;;;/h1-6H2,(H,13,14)(H,15,16)(H,17,18)(H,19,20);;;. The fraction of sp³-hybridized carbons (Fsp3) is 0.600. The van der Waals surface area contributed by atoms with E-state index in [1.807, 2.05) is 0 Å². The monoisotopic (exact) mass is 394 g/mol.